The molecule has 4 aliphatic carbocycles. The fraction of sp³-hybridized carbons (Fsp3) is 0.431. The van der Waals surface area contributed by atoms with Crippen LogP contribution in [0.25, 0.3) is 22.3 Å². The molecule has 1 atom stereocenters. The maximum atomic E-state index is 3.65. The second-order valence-corrected chi connectivity index (χ2v) is 20.9. The summed E-state index contributed by atoms with van der Waals surface area (Å²) in [4.78, 5) is 0. The van der Waals surface area contributed by atoms with E-state index in [1.165, 1.54) is 102 Å². The number of hydrogen-bond donors (Lipinski definition) is 0. The summed E-state index contributed by atoms with van der Waals surface area (Å²) >= 11 is 1.30. The third-order valence-electron chi connectivity index (χ3n) is 11.9. The van der Waals surface area contributed by atoms with Crippen molar-refractivity contribution in [1.29, 1.82) is 0 Å². The van der Waals surface area contributed by atoms with Gasteiger partial charge in [0.1, 0.15) is 0 Å². The van der Waals surface area contributed by atoms with Gasteiger partial charge in [-0.2, -0.15) is 89.0 Å². The summed E-state index contributed by atoms with van der Waals surface area (Å²) in [6.45, 7) is 38.2. The van der Waals surface area contributed by atoms with Crippen molar-refractivity contribution in [3.63, 3.8) is 0 Å². The van der Waals surface area contributed by atoms with E-state index in [2.05, 4.69) is 207 Å². The minimum atomic E-state index is 0.0340. The van der Waals surface area contributed by atoms with Crippen molar-refractivity contribution >= 4 is 15.4 Å². The monoisotopic (exact) mass is 858 g/mol. The molecule has 0 heterocycles. The Morgan fingerprint density at radius 3 is 1.53 bits per heavy atom. The first-order valence-corrected chi connectivity index (χ1v) is 23.4. The van der Waals surface area contributed by atoms with Crippen LogP contribution in [0.15, 0.2) is 96.1 Å². The van der Waals surface area contributed by atoms with Gasteiger partial charge in [-0.25, -0.2) is 11.1 Å². The van der Waals surface area contributed by atoms with E-state index in [-0.39, 0.29) is 21.7 Å². The predicted octanol–water partition coefficient (Wildman–Crippen LogP) is 15.7. The molecule has 312 valence electrons. The molecule has 1 heteroatoms. The Bertz CT molecular complexity index is 2080. The van der Waals surface area contributed by atoms with Gasteiger partial charge in [0.05, 0.1) is 0 Å². The molecule has 0 aromatic heterocycles. The van der Waals surface area contributed by atoms with Crippen LogP contribution in [0.3, 0.4) is 0 Å². The van der Waals surface area contributed by atoms with Gasteiger partial charge < -0.3 is 0 Å². The Kier molecular flexibility index (Phi) is 15.3. The molecule has 0 fully saturated rings. The number of fused-ring (bicyclic) bond motifs is 5. The molecule has 0 nitrogen and oxygen atoms in total. The molecule has 0 bridgehead atoms. The van der Waals surface area contributed by atoms with E-state index < -0.39 is 0 Å². The van der Waals surface area contributed by atoms with Crippen LogP contribution in [0.4, 0.5) is 0 Å². The molecule has 0 spiro atoms. The Labute approximate surface area is 376 Å². The van der Waals surface area contributed by atoms with Crippen molar-refractivity contribution in [1.82, 2.24) is 0 Å². The number of rotatable bonds is 1. The van der Waals surface area contributed by atoms with Crippen molar-refractivity contribution in [3.8, 4) is 11.1 Å². The van der Waals surface area contributed by atoms with Crippen LogP contribution >= 0.6 is 0 Å². The van der Waals surface area contributed by atoms with E-state index >= 15 is 0 Å². The number of benzene rings is 4. The third-order valence-corrected chi connectivity index (χ3v) is 11.9. The zero-order valence-corrected chi connectivity index (χ0v) is 42.2. The summed E-state index contributed by atoms with van der Waals surface area (Å²) in [5.74, 6) is 0.522. The van der Waals surface area contributed by atoms with Gasteiger partial charge in [-0.15, -0.1) is 11.6 Å². The van der Waals surface area contributed by atoms with Crippen molar-refractivity contribution in [2.75, 3.05) is 0 Å². The average molecular weight is 860 g/mol. The van der Waals surface area contributed by atoms with E-state index in [1.807, 2.05) is 24.3 Å². The third kappa shape index (κ3) is 11.5. The van der Waals surface area contributed by atoms with Gasteiger partial charge in [0, 0.05) is 5.41 Å². The zero-order chi connectivity index (χ0) is 44.3. The summed E-state index contributed by atoms with van der Waals surface area (Å²) in [6, 6.07) is 32.1. The molecule has 4 aliphatic rings. The average Bonchev–Trinajstić information content (AvgIpc) is 3.86. The standard InChI is InChI=1S/C25H25.C12H19.2C10H13.CH2.Zr/c1-14-12-24(3,4)22-8-16-7-17-9-23-19(15(2)13-25(23,5)6)11-21(17)20(16)10-18(14)22;1-6-10-7-9(2)8-11(10)12(3,4)5;2*1-10(2,3)9-7-5-4-6-8-9;;/h8-12H,7H2,1-6H3;8-9H,6H2,1-5H3;2*5-8H,1-3H3;1H2;/q4*-1;;. The molecule has 0 saturated carbocycles. The first kappa shape index (κ1) is 48.3. The quantitative estimate of drug-likeness (QED) is 0.147. The Hall–Kier alpha value is -3.41. The fourth-order valence-electron chi connectivity index (χ4n) is 8.79. The Morgan fingerprint density at radius 1 is 0.661 bits per heavy atom. The van der Waals surface area contributed by atoms with Crippen LogP contribution in [-0.2, 0) is 52.3 Å². The van der Waals surface area contributed by atoms with Gasteiger partial charge in [0.2, 0.25) is 0 Å². The topological polar surface area (TPSA) is 0 Å². The van der Waals surface area contributed by atoms with Crippen LogP contribution in [-0.4, -0.2) is 4.21 Å². The number of hydrogen-bond acceptors (Lipinski definition) is 0. The molecule has 0 aliphatic heterocycles. The van der Waals surface area contributed by atoms with E-state index in [1.54, 1.807) is 0 Å². The summed E-state index contributed by atoms with van der Waals surface area (Å²) in [7, 11) is 0. The molecule has 0 radical (unpaired) electrons. The van der Waals surface area contributed by atoms with Crippen LogP contribution < -0.4 is 0 Å². The van der Waals surface area contributed by atoms with Gasteiger partial charge in [0.25, 0.3) is 0 Å². The van der Waals surface area contributed by atoms with Crippen molar-refractivity contribution in [3.05, 3.63) is 165 Å². The SMILES string of the molecule is CC(C)(C)c1cc[c-]cc1.CC(C)(C)c1cc[c-]cc1.CC1=[C-]C(C)(C)c2cc3c(cc21)-c1cc2c(cc1C3)C(C)(C)C=C2C.CCC1=[C-]C(C)C=C1C(C)(C)C.[CH2]=[Zr]. The molecular weight excluding hydrogens is 788 g/mol. The van der Waals surface area contributed by atoms with Crippen molar-refractivity contribution in [2.45, 2.75) is 152 Å². The van der Waals surface area contributed by atoms with E-state index in [0.717, 1.165) is 12.8 Å². The van der Waals surface area contributed by atoms with Gasteiger partial charge in [-0.05, 0) is 69.2 Å². The van der Waals surface area contributed by atoms with Gasteiger partial charge in [-0.1, -0.05) is 152 Å². The van der Waals surface area contributed by atoms with E-state index in [9.17, 15) is 0 Å². The van der Waals surface area contributed by atoms with Crippen molar-refractivity contribution in [2.24, 2.45) is 11.3 Å². The van der Waals surface area contributed by atoms with Crippen LogP contribution in [0, 0.1) is 35.6 Å². The summed E-state index contributed by atoms with van der Waals surface area (Å²) in [5, 5.41) is 0. The molecule has 8 rings (SSSR count). The Morgan fingerprint density at radius 2 is 1.12 bits per heavy atom. The molecule has 59 heavy (non-hydrogen) atoms. The van der Waals surface area contributed by atoms with Crippen LogP contribution in [0.2, 0.25) is 0 Å². The minimum absolute atomic E-state index is 0.0340. The molecular formula is C58H72Zr-4. The van der Waals surface area contributed by atoms with Gasteiger partial charge >= 0.3 is 28.4 Å². The zero-order valence-electron chi connectivity index (χ0n) is 39.8. The first-order valence-electron chi connectivity index (χ1n) is 21.6. The fourth-order valence-corrected chi connectivity index (χ4v) is 8.79. The molecule has 4 aromatic carbocycles. The second-order valence-electron chi connectivity index (χ2n) is 20.9. The predicted molar refractivity (Wildman–Crippen MR) is 256 cm³/mol. The molecule has 0 saturated heterocycles. The maximum absolute atomic E-state index is 3.65. The molecule has 0 amide bonds. The van der Waals surface area contributed by atoms with Crippen LogP contribution in [0.5, 0.6) is 0 Å². The van der Waals surface area contributed by atoms with Gasteiger partial charge in [-0.3, -0.25) is 12.2 Å². The van der Waals surface area contributed by atoms with E-state index in [4.69, 9.17) is 0 Å². The number of allylic oxidation sites excluding steroid dienone is 8. The summed E-state index contributed by atoms with van der Waals surface area (Å²) in [6.07, 6.45) is 14.1. The first-order chi connectivity index (χ1) is 27.3. The van der Waals surface area contributed by atoms with E-state index in [0.29, 0.717) is 11.3 Å². The van der Waals surface area contributed by atoms with Crippen molar-refractivity contribution < 1.29 is 24.2 Å². The molecule has 0 N–H and O–H groups in total. The molecule has 1 unspecified atom stereocenters. The normalized spacial score (nSPS) is 17.5. The Balaban J connectivity index is 0.000000190. The summed E-state index contributed by atoms with van der Waals surface area (Å²) in [5.41, 5.74) is 21.0. The van der Waals surface area contributed by atoms with Gasteiger partial charge in [0.15, 0.2) is 0 Å². The second kappa shape index (κ2) is 18.7. The summed E-state index contributed by atoms with van der Waals surface area (Å²) < 4.78 is 3.34. The van der Waals surface area contributed by atoms with Crippen LogP contribution in [0.1, 0.15) is 169 Å². The molecule has 4 aromatic rings.